The second-order valence-corrected chi connectivity index (χ2v) is 6.87. The highest BCUT2D eigenvalue weighted by Crippen LogP contribution is 2.37. The van der Waals surface area contributed by atoms with Gasteiger partial charge in [-0.1, -0.05) is 95.1 Å². The van der Waals surface area contributed by atoms with Crippen molar-refractivity contribution >= 4 is 36.9 Å². The molecule has 1 rings (SSSR count). The van der Waals surface area contributed by atoms with E-state index >= 15 is 0 Å². The lowest BCUT2D eigenvalue weighted by molar-refractivity contribution is 0.438. The molecule has 0 bridgehead atoms. The van der Waals surface area contributed by atoms with E-state index in [0.717, 1.165) is 0 Å². The Hall–Kier alpha value is 0.325. The SMILES string of the molecule is [B][B][B]C1CCCCCCCCC(C)([B][B])CCCC1. The summed E-state index contributed by atoms with van der Waals surface area (Å²) in [6.07, 6.45) is 15.9. The average molecular weight is 262 g/mol. The quantitative estimate of drug-likeness (QED) is 0.678. The molecule has 0 aromatic rings. The average Bonchev–Trinajstić information content (AvgIpc) is 2.45. The fraction of sp³-hybridized carbons (Fsp3) is 1.00. The Balaban J connectivity index is 2.42. The van der Waals surface area contributed by atoms with Crippen molar-refractivity contribution < 1.29 is 0 Å². The van der Waals surface area contributed by atoms with Crippen molar-refractivity contribution in [3.8, 4) is 0 Å². The molecule has 0 N–H and O–H groups in total. The van der Waals surface area contributed by atoms with Crippen molar-refractivity contribution in [2.24, 2.45) is 0 Å². The van der Waals surface area contributed by atoms with E-state index in [4.69, 9.17) is 15.5 Å². The molecular weight excluding hydrogens is 234 g/mol. The molecule has 20 heavy (non-hydrogen) atoms. The number of rotatable bonds is 3. The summed E-state index contributed by atoms with van der Waals surface area (Å²) < 4.78 is 0. The van der Waals surface area contributed by atoms with Crippen molar-refractivity contribution in [3.05, 3.63) is 0 Å². The standard InChI is InChI=1S/C15H28B5/c1-15(19-16)12-8-5-3-2-4-6-10-14(18-20-17)11-7-9-13-15/h14H,2-13H2,1H3. The lowest BCUT2D eigenvalue weighted by Crippen LogP contribution is -2.18. The maximum atomic E-state index is 5.90. The van der Waals surface area contributed by atoms with Crippen molar-refractivity contribution in [2.45, 2.75) is 95.1 Å². The first kappa shape index (κ1) is 18.4. The van der Waals surface area contributed by atoms with Gasteiger partial charge >= 0.3 is 0 Å². The van der Waals surface area contributed by atoms with Crippen LogP contribution < -0.4 is 0 Å². The highest BCUT2D eigenvalue weighted by atomic mass is 14.2. The largest absolute Gasteiger partial charge is 0.0782 e. The van der Waals surface area contributed by atoms with Gasteiger partial charge in [-0.2, -0.15) is 0 Å². The maximum absolute atomic E-state index is 5.90. The van der Waals surface area contributed by atoms with Gasteiger partial charge in [0.2, 0.25) is 0 Å². The summed E-state index contributed by atoms with van der Waals surface area (Å²) in [5, 5.41) is 0.253. The maximum Gasteiger partial charge on any atom is 0.0626 e. The fourth-order valence-electron chi connectivity index (χ4n) is 3.36. The van der Waals surface area contributed by atoms with Crippen LogP contribution in [0, 0.1) is 0 Å². The first-order valence-electron chi connectivity index (χ1n) is 8.65. The smallest absolute Gasteiger partial charge is 0.0626 e. The molecule has 0 aromatic heterocycles. The predicted molar refractivity (Wildman–Crippen MR) is 96.3 cm³/mol. The van der Waals surface area contributed by atoms with Gasteiger partial charge in [-0.05, 0) is 0 Å². The molecule has 2 unspecified atom stereocenters. The van der Waals surface area contributed by atoms with Crippen LogP contribution in [-0.4, -0.2) is 36.9 Å². The molecule has 5 heteroatoms. The summed E-state index contributed by atoms with van der Waals surface area (Å²) in [7, 11) is 17.4. The van der Waals surface area contributed by atoms with E-state index in [9.17, 15) is 0 Å². The lowest BCUT2D eigenvalue weighted by atomic mass is 9.23. The molecule has 1 aliphatic carbocycles. The molecular formula is C15H28B5. The molecule has 0 aliphatic heterocycles. The zero-order valence-electron chi connectivity index (χ0n) is 13.4. The molecule has 0 aromatic carbocycles. The first-order valence-corrected chi connectivity index (χ1v) is 8.65. The minimum absolute atomic E-state index is 0.253. The molecule has 0 nitrogen and oxygen atoms in total. The van der Waals surface area contributed by atoms with Gasteiger partial charge in [0.1, 0.15) is 0 Å². The third-order valence-corrected chi connectivity index (χ3v) is 4.93. The van der Waals surface area contributed by atoms with Gasteiger partial charge in [0.25, 0.3) is 0 Å². The Bertz CT molecular complexity index is 236. The van der Waals surface area contributed by atoms with Crippen LogP contribution in [-0.2, 0) is 0 Å². The molecule has 1 aliphatic rings. The van der Waals surface area contributed by atoms with Gasteiger partial charge in [-0.3, -0.25) is 0 Å². The number of hydrogen-bond acceptors (Lipinski definition) is 0. The summed E-state index contributed by atoms with van der Waals surface area (Å²) in [5.41, 5.74) is 0. The van der Waals surface area contributed by atoms with Crippen molar-refractivity contribution in [1.82, 2.24) is 0 Å². The first-order chi connectivity index (χ1) is 9.70. The van der Waals surface area contributed by atoms with Crippen molar-refractivity contribution in [2.75, 3.05) is 0 Å². The fourth-order valence-corrected chi connectivity index (χ4v) is 3.36. The predicted octanol–water partition coefficient (Wildman–Crippen LogP) is 3.84. The van der Waals surface area contributed by atoms with Gasteiger partial charge in [0.15, 0.2) is 0 Å². The van der Waals surface area contributed by atoms with E-state index in [2.05, 4.69) is 14.1 Å². The Morgan fingerprint density at radius 2 is 1.30 bits per heavy atom. The van der Waals surface area contributed by atoms with E-state index in [1.165, 1.54) is 77.0 Å². The van der Waals surface area contributed by atoms with E-state index < -0.39 is 0 Å². The van der Waals surface area contributed by atoms with E-state index in [-0.39, 0.29) is 5.31 Å². The Morgan fingerprint density at radius 1 is 0.800 bits per heavy atom. The van der Waals surface area contributed by atoms with Gasteiger partial charge in [0, 0.05) is 22.5 Å². The van der Waals surface area contributed by atoms with Crippen LogP contribution in [0.2, 0.25) is 11.1 Å². The van der Waals surface area contributed by atoms with Gasteiger partial charge in [-0.25, -0.2) is 0 Å². The van der Waals surface area contributed by atoms with Crippen LogP contribution in [0.5, 0.6) is 0 Å². The normalized spacial score (nSPS) is 30.9. The van der Waals surface area contributed by atoms with Crippen LogP contribution >= 0.6 is 0 Å². The van der Waals surface area contributed by atoms with Crippen molar-refractivity contribution in [1.29, 1.82) is 0 Å². The molecule has 1 fully saturated rings. The highest BCUT2D eigenvalue weighted by Gasteiger charge is 2.21. The monoisotopic (exact) mass is 263 g/mol. The molecule has 0 heterocycles. The zero-order chi connectivity index (χ0) is 14.7. The third-order valence-electron chi connectivity index (χ3n) is 4.93. The van der Waals surface area contributed by atoms with Gasteiger partial charge in [0.05, 0.1) is 14.3 Å². The van der Waals surface area contributed by atoms with Crippen LogP contribution in [0.3, 0.4) is 0 Å². The second-order valence-electron chi connectivity index (χ2n) is 6.87. The van der Waals surface area contributed by atoms with E-state index in [1.54, 1.807) is 7.06 Å². The van der Waals surface area contributed by atoms with Crippen LogP contribution in [0.15, 0.2) is 0 Å². The number of hydrogen-bond donors (Lipinski definition) is 0. The highest BCUT2D eigenvalue weighted by molar-refractivity contribution is 7.24. The topological polar surface area (TPSA) is 0 Å². The Kier molecular flexibility index (Phi) is 10.1. The molecule has 0 amide bonds. The molecule has 0 spiro atoms. The van der Waals surface area contributed by atoms with E-state index in [1.807, 2.05) is 7.17 Å². The van der Waals surface area contributed by atoms with Crippen LogP contribution in [0.4, 0.5) is 0 Å². The Labute approximate surface area is 132 Å². The summed E-state index contributed by atoms with van der Waals surface area (Å²) in [6.45, 7) is 2.33. The molecule has 7 radical (unpaired) electrons. The Morgan fingerprint density at radius 3 is 1.90 bits per heavy atom. The molecule has 1 saturated carbocycles. The summed E-state index contributed by atoms with van der Waals surface area (Å²) in [5.74, 6) is 0.691. The van der Waals surface area contributed by atoms with Crippen LogP contribution in [0.1, 0.15) is 84.0 Å². The molecule has 103 valence electrons. The molecule has 2 atom stereocenters. The van der Waals surface area contributed by atoms with Gasteiger partial charge < -0.3 is 0 Å². The van der Waals surface area contributed by atoms with Crippen LogP contribution in [0.25, 0.3) is 0 Å². The summed E-state index contributed by atoms with van der Waals surface area (Å²) in [6, 6.07) is 0. The minimum atomic E-state index is 0.253. The molecule has 0 saturated heterocycles. The summed E-state index contributed by atoms with van der Waals surface area (Å²) in [4.78, 5) is 0. The minimum Gasteiger partial charge on any atom is -0.0782 e. The lowest BCUT2D eigenvalue weighted by Gasteiger charge is -2.29. The van der Waals surface area contributed by atoms with Crippen molar-refractivity contribution in [3.63, 3.8) is 0 Å². The summed E-state index contributed by atoms with van der Waals surface area (Å²) >= 11 is 0. The van der Waals surface area contributed by atoms with Gasteiger partial charge in [-0.15, -0.1) is 0 Å². The van der Waals surface area contributed by atoms with E-state index in [0.29, 0.717) is 5.82 Å². The second kappa shape index (κ2) is 11.0. The zero-order valence-corrected chi connectivity index (χ0v) is 13.4. The third kappa shape index (κ3) is 7.94.